The molecule has 11 heteroatoms. The number of anilines is 2. The van der Waals surface area contributed by atoms with Crippen LogP contribution >= 0.6 is 11.6 Å². The lowest BCUT2D eigenvalue weighted by atomic mass is 10.2. The van der Waals surface area contributed by atoms with Crippen LogP contribution in [0.1, 0.15) is 12.5 Å². The van der Waals surface area contributed by atoms with E-state index < -0.39 is 32.7 Å². The molecule has 0 aromatic heterocycles. The molecule has 0 aliphatic carbocycles. The molecule has 0 fully saturated rings. The SMILES string of the molecule is COc1ccc(S(=O)(=O)Nc2ccc(Cl)c(C(F)(F)F)c2)cc1NC(C)=O. The molecule has 0 aliphatic heterocycles. The smallest absolute Gasteiger partial charge is 0.417 e. The molecule has 2 rings (SSSR count). The number of rotatable bonds is 5. The third-order valence-electron chi connectivity index (χ3n) is 3.32. The van der Waals surface area contributed by atoms with Gasteiger partial charge >= 0.3 is 6.18 Å². The second kappa shape index (κ2) is 7.65. The first kappa shape index (κ1) is 20.8. The Morgan fingerprint density at radius 3 is 2.37 bits per heavy atom. The van der Waals surface area contributed by atoms with Gasteiger partial charge in [-0.15, -0.1) is 0 Å². The van der Waals surface area contributed by atoms with Gasteiger partial charge in [0.05, 0.1) is 28.3 Å². The van der Waals surface area contributed by atoms with Crippen LogP contribution in [0.3, 0.4) is 0 Å². The molecule has 0 saturated carbocycles. The van der Waals surface area contributed by atoms with Gasteiger partial charge in [-0.25, -0.2) is 8.42 Å². The van der Waals surface area contributed by atoms with E-state index >= 15 is 0 Å². The molecule has 0 saturated heterocycles. The van der Waals surface area contributed by atoms with Gasteiger partial charge in [-0.3, -0.25) is 9.52 Å². The average Bonchev–Trinajstić information content (AvgIpc) is 2.54. The largest absolute Gasteiger partial charge is 0.495 e. The number of methoxy groups -OCH3 is 1. The Balaban J connectivity index is 2.41. The van der Waals surface area contributed by atoms with E-state index in [9.17, 15) is 26.4 Å². The van der Waals surface area contributed by atoms with Crippen LogP contribution < -0.4 is 14.8 Å². The van der Waals surface area contributed by atoms with Gasteiger partial charge in [-0.1, -0.05) is 11.6 Å². The molecule has 27 heavy (non-hydrogen) atoms. The molecule has 2 N–H and O–H groups in total. The summed E-state index contributed by atoms with van der Waals surface area (Å²) >= 11 is 5.52. The third-order valence-corrected chi connectivity index (χ3v) is 5.02. The van der Waals surface area contributed by atoms with Crippen LogP contribution in [0, 0.1) is 0 Å². The standard InChI is InChI=1S/C16H14ClF3N2O4S/c1-9(23)21-14-8-11(4-6-15(14)26-2)27(24,25)22-10-3-5-13(17)12(7-10)16(18,19)20/h3-8,22H,1-2H3,(H,21,23). The fourth-order valence-electron chi connectivity index (χ4n) is 2.16. The van der Waals surface area contributed by atoms with Gasteiger partial charge < -0.3 is 10.1 Å². The molecule has 0 radical (unpaired) electrons. The average molecular weight is 423 g/mol. The summed E-state index contributed by atoms with van der Waals surface area (Å²) in [5.41, 5.74) is -1.39. The van der Waals surface area contributed by atoms with E-state index in [1.54, 1.807) is 0 Å². The van der Waals surface area contributed by atoms with Crippen molar-refractivity contribution >= 4 is 38.9 Å². The van der Waals surface area contributed by atoms with Crippen LogP contribution in [0.5, 0.6) is 5.75 Å². The zero-order valence-electron chi connectivity index (χ0n) is 14.0. The molecule has 146 valence electrons. The topological polar surface area (TPSA) is 84.5 Å². The first-order valence-electron chi connectivity index (χ1n) is 7.29. The molecule has 2 aromatic carbocycles. The quantitative estimate of drug-likeness (QED) is 0.758. The molecule has 1 amide bonds. The number of ether oxygens (including phenoxy) is 1. The highest BCUT2D eigenvalue weighted by Crippen LogP contribution is 2.36. The molecule has 0 atom stereocenters. The van der Waals surface area contributed by atoms with E-state index in [2.05, 4.69) is 10.0 Å². The van der Waals surface area contributed by atoms with Gasteiger partial charge in [0.25, 0.3) is 10.0 Å². The summed E-state index contributed by atoms with van der Waals surface area (Å²) in [7, 11) is -2.91. The van der Waals surface area contributed by atoms with Crippen molar-refractivity contribution in [2.45, 2.75) is 18.0 Å². The van der Waals surface area contributed by atoms with E-state index in [0.717, 1.165) is 18.2 Å². The number of hydrogen-bond donors (Lipinski definition) is 2. The summed E-state index contributed by atoms with van der Waals surface area (Å²) in [6.45, 7) is 1.23. The highest BCUT2D eigenvalue weighted by molar-refractivity contribution is 7.92. The van der Waals surface area contributed by atoms with Crippen LogP contribution in [0.4, 0.5) is 24.5 Å². The first-order chi connectivity index (χ1) is 12.4. The van der Waals surface area contributed by atoms with Crippen molar-refractivity contribution in [3.05, 3.63) is 47.0 Å². The zero-order chi connectivity index (χ0) is 20.4. The van der Waals surface area contributed by atoms with E-state index in [1.165, 1.54) is 26.2 Å². The maximum Gasteiger partial charge on any atom is 0.417 e. The summed E-state index contributed by atoms with van der Waals surface area (Å²) in [5, 5.41) is 1.86. The van der Waals surface area contributed by atoms with Gasteiger partial charge in [-0.2, -0.15) is 13.2 Å². The predicted molar refractivity (Wildman–Crippen MR) is 94.6 cm³/mol. The zero-order valence-corrected chi connectivity index (χ0v) is 15.6. The number of nitrogens with one attached hydrogen (secondary N) is 2. The molecular weight excluding hydrogens is 409 g/mol. The number of hydrogen-bond acceptors (Lipinski definition) is 4. The van der Waals surface area contributed by atoms with Crippen molar-refractivity contribution in [1.29, 1.82) is 0 Å². The van der Waals surface area contributed by atoms with Gasteiger partial charge in [-0.05, 0) is 36.4 Å². The Morgan fingerprint density at radius 2 is 1.81 bits per heavy atom. The summed E-state index contributed by atoms with van der Waals surface area (Å²) in [4.78, 5) is 11.0. The normalized spacial score (nSPS) is 11.8. The van der Waals surface area contributed by atoms with Crippen molar-refractivity contribution in [1.82, 2.24) is 0 Å². The van der Waals surface area contributed by atoms with Gasteiger partial charge in [0.15, 0.2) is 0 Å². The van der Waals surface area contributed by atoms with E-state index in [1.807, 2.05) is 0 Å². The number of carbonyl (C=O) groups is 1. The van der Waals surface area contributed by atoms with Crippen molar-refractivity contribution in [3.63, 3.8) is 0 Å². The minimum Gasteiger partial charge on any atom is -0.495 e. The highest BCUT2D eigenvalue weighted by Gasteiger charge is 2.33. The van der Waals surface area contributed by atoms with Crippen molar-refractivity contribution in [2.24, 2.45) is 0 Å². The number of alkyl halides is 3. The van der Waals surface area contributed by atoms with E-state index in [0.29, 0.717) is 6.07 Å². The Morgan fingerprint density at radius 1 is 1.15 bits per heavy atom. The number of benzene rings is 2. The minimum absolute atomic E-state index is 0.0972. The van der Waals surface area contributed by atoms with Gasteiger partial charge in [0, 0.05) is 12.6 Å². The van der Waals surface area contributed by atoms with Crippen LogP contribution in [0.15, 0.2) is 41.3 Å². The molecular formula is C16H14ClF3N2O4S. The Bertz CT molecular complexity index is 978. The molecule has 6 nitrogen and oxygen atoms in total. The van der Waals surface area contributed by atoms with Crippen LogP contribution in [0.25, 0.3) is 0 Å². The molecule has 0 unspecified atom stereocenters. The molecule has 2 aromatic rings. The molecule has 0 bridgehead atoms. The van der Waals surface area contributed by atoms with Crippen molar-refractivity contribution in [3.8, 4) is 5.75 Å². The second-order valence-corrected chi connectivity index (χ2v) is 7.43. The molecule has 0 spiro atoms. The maximum atomic E-state index is 12.9. The van der Waals surface area contributed by atoms with Crippen molar-refractivity contribution < 1.29 is 31.1 Å². The lowest BCUT2D eigenvalue weighted by Crippen LogP contribution is -2.15. The number of carbonyl (C=O) groups excluding carboxylic acids is 1. The summed E-state index contributed by atoms with van der Waals surface area (Å²) in [5.74, 6) is -0.238. The van der Waals surface area contributed by atoms with E-state index in [-0.39, 0.29) is 22.0 Å². The van der Waals surface area contributed by atoms with Crippen LogP contribution in [0.2, 0.25) is 5.02 Å². The minimum atomic E-state index is -4.74. The first-order valence-corrected chi connectivity index (χ1v) is 9.15. The summed E-state index contributed by atoms with van der Waals surface area (Å²) < 4.78 is 70.9. The Kier molecular flexibility index (Phi) is 5.91. The number of sulfonamides is 1. The number of amides is 1. The predicted octanol–water partition coefficient (Wildman–Crippen LogP) is 4.13. The van der Waals surface area contributed by atoms with Gasteiger partial charge in [0.1, 0.15) is 5.75 Å². The fraction of sp³-hybridized carbons (Fsp3) is 0.188. The van der Waals surface area contributed by atoms with Crippen molar-refractivity contribution in [2.75, 3.05) is 17.1 Å². The van der Waals surface area contributed by atoms with Crippen LogP contribution in [-0.4, -0.2) is 21.4 Å². The monoisotopic (exact) mass is 422 g/mol. The lowest BCUT2D eigenvalue weighted by Gasteiger charge is -2.14. The highest BCUT2D eigenvalue weighted by atomic mass is 35.5. The lowest BCUT2D eigenvalue weighted by molar-refractivity contribution is -0.137. The number of halogens is 4. The molecule has 0 aliphatic rings. The third kappa shape index (κ3) is 5.04. The fourth-order valence-corrected chi connectivity index (χ4v) is 3.46. The summed E-state index contributed by atoms with van der Waals surface area (Å²) in [6.07, 6.45) is -4.74. The Labute approximate surface area is 158 Å². The van der Waals surface area contributed by atoms with Gasteiger partial charge in [0.2, 0.25) is 5.91 Å². The Hall–Kier alpha value is -2.46. The van der Waals surface area contributed by atoms with E-state index in [4.69, 9.17) is 16.3 Å². The summed E-state index contributed by atoms with van der Waals surface area (Å²) in [6, 6.07) is 6.27. The molecule has 0 heterocycles. The second-order valence-electron chi connectivity index (χ2n) is 5.34. The van der Waals surface area contributed by atoms with Crippen LogP contribution in [-0.2, 0) is 21.0 Å². The maximum absolute atomic E-state index is 12.9.